The summed E-state index contributed by atoms with van der Waals surface area (Å²) in [5, 5.41) is 3.49. The van der Waals surface area contributed by atoms with E-state index in [0.29, 0.717) is 0 Å². The highest BCUT2D eigenvalue weighted by atomic mass is 15.2. The number of hydrogen-bond donors (Lipinski definition) is 1. The molecule has 2 aromatic heterocycles. The van der Waals surface area contributed by atoms with Gasteiger partial charge in [0.1, 0.15) is 5.65 Å². The van der Waals surface area contributed by atoms with E-state index in [4.69, 9.17) is 4.98 Å². The molecule has 5 heteroatoms. The van der Waals surface area contributed by atoms with Crippen LogP contribution in [0.1, 0.15) is 19.0 Å². The Bertz CT molecular complexity index is 561. The van der Waals surface area contributed by atoms with Crippen LogP contribution in [0.3, 0.4) is 0 Å². The van der Waals surface area contributed by atoms with Gasteiger partial charge in [-0.3, -0.25) is 0 Å². The highest BCUT2D eigenvalue weighted by Gasteiger charge is 2.15. The Labute approximate surface area is 127 Å². The van der Waals surface area contributed by atoms with Gasteiger partial charge in [-0.05, 0) is 39.2 Å². The van der Waals surface area contributed by atoms with Crippen LogP contribution in [0, 0.1) is 0 Å². The average molecular weight is 289 g/mol. The number of aromatic nitrogens is 2. The molecule has 2 rings (SSSR count). The second-order valence-electron chi connectivity index (χ2n) is 5.71. The molecule has 0 spiro atoms. The van der Waals surface area contributed by atoms with Gasteiger partial charge in [0.2, 0.25) is 0 Å². The molecule has 0 unspecified atom stereocenters. The van der Waals surface area contributed by atoms with E-state index in [1.165, 1.54) is 5.69 Å². The molecular weight excluding hydrogens is 262 g/mol. The molecule has 0 saturated heterocycles. The average Bonchev–Trinajstić information content (AvgIpc) is 2.84. The van der Waals surface area contributed by atoms with E-state index in [1.807, 2.05) is 6.07 Å². The molecule has 0 radical (unpaired) electrons. The molecule has 0 aliphatic rings. The van der Waals surface area contributed by atoms with Gasteiger partial charge >= 0.3 is 0 Å². The molecule has 0 atom stereocenters. The van der Waals surface area contributed by atoms with Crippen LogP contribution in [0.2, 0.25) is 0 Å². The fourth-order valence-corrected chi connectivity index (χ4v) is 2.34. The van der Waals surface area contributed by atoms with Crippen LogP contribution in [0.4, 0.5) is 5.82 Å². The van der Waals surface area contributed by atoms with E-state index in [-0.39, 0.29) is 0 Å². The van der Waals surface area contributed by atoms with Crippen molar-refractivity contribution in [3.05, 3.63) is 30.1 Å². The lowest BCUT2D eigenvalue weighted by atomic mass is 10.3. The maximum Gasteiger partial charge on any atom is 0.152 e. The van der Waals surface area contributed by atoms with Gasteiger partial charge in [0, 0.05) is 32.9 Å². The van der Waals surface area contributed by atoms with Crippen LogP contribution < -0.4 is 10.2 Å². The molecule has 0 saturated carbocycles. The lowest BCUT2D eigenvalue weighted by Crippen LogP contribution is -2.30. The first-order valence-corrected chi connectivity index (χ1v) is 7.66. The summed E-state index contributed by atoms with van der Waals surface area (Å²) in [7, 11) is 6.32. The minimum atomic E-state index is 0.848. The summed E-state index contributed by atoms with van der Waals surface area (Å²) >= 11 is 0. The van der Waals surface area contributed by atoms with Crippen LogP contribution in [-0.2, 0) is 6.54 Å². The maximum absolute atomic E-state index is 4.80. The number of anilines is 1. The van der Waals surface area contributed by atoms with Crippen molar-refractivity contribution >= 4 is 11.5 Å². The van der Waals surface area contributed by atoms with Gasteiger partial charge in [0.05, 0.1) is 5.69 Å². The van der Waals surface area contributed by atoms with Crippen molar-refractivity contribution in [2.75, 3.05) is 45.7 Å². The predicted octanol–water partition coefficient (Wildman–Crippen LogP) is 1.83. The molecule has 0 bridgehead atoms. The summed E-state index contributed by atoms with van der Waals surface area (Å²) in [4.78, 5) is 9.24. The minimum absolute atomic E-state index is 0.848. The number of hydrogen-bond acceptors (Lipinski definition) is 4. The van der Waals surface area contributed by atoms with Crippen LogP contribution in [0.25, 0.3) is 5.65 Å². The van der Waals surface area contributed by atoms with E-state index in [0.717, 1.165) is 44.1 Å². The fourth-order valence-electron chi connectivity index (χ4n) is 2.34. The molecule has 21 heavy (non-hydrogen) atoms. The smallest absolute Gasteiger partial charge is 0.152 e. The number of imidazole rings is 1. The van der Waals surface area contributed by atoms with Crippen molar-refractivity contribution < 1.29 is 0 Å². The number of nitrogens with one attached hydrogen (secondary N) is 1. The standard InChI is InChI=1S/C16H27N5/c1-5-9-17-13-14-16(20(4)12-11-19(2)3)18-15-8-6-7-10-21(14)15/h6-8,10,17H,5,9,11-13H2,1-4H3. The first-order valence-electron chi connectivity index (χ1n) is 7.66. The number of nitrogens with zero attached hydrogens (tertiary/aromatic N) is 4. The minimum Gasteiger partial charge on any atom is -0.357 e. The van der Waals surface area contributed by atoms with Gasteiger partial charge in [-0.25, -0.2) is 4.98 Å². The summed E-state index contributed by atoms with van der Waals surface area (Å²) in [6, 6.07) is 6.16. The van der Waals surface area contributed by atoms with E-state index in [1.54, 1.807) is 0 Å². The second kappa shape index (κ2) is 7.43. The van der Waals surface area contributed by atoms with Gasteiger partial charge in [-0.15, -0.1) is 0 Å². The number of fused-ring (bicyclic) bond motifs is 1. The van der Waals surface area contributed by atoms with Crippen LogP contribution >= 0.6 is 0 Å². The number of pyridine rings is 1. The largest absolute Gasteiger partial charge is 0.357 e. The summed E-state index contributed by atoms with van der Waals surface area (Å²) in [6.07, 6.45) is 3.23. The van der Waals surface area contributed by atoms with Crippen LogP contribution in [0.5, 0.6) is 0 Å². The molecule has 5 nitrogen and oxygen atoms in total. The zero-order valence-electron chi connectivity index (χ0n) is 13.6. The van der Waals surface area contributed by atoms with E-state index in [2.05, 4.69) is 65.9 Å². The molecule has 0 aliphatic heterocycles. The summed E-state index contributed by atoms with van der Waals surface area (Å²) < 4.78 is 2.18. The lowest BCUT2D eigenvalue weighted by molar-refractivity contribution is 0.416. The first kappa shape index (κ1) is 15.8. The Morgan fingerprint density at radius 1 is 1.19 bits per heavy atom. The van der Waals surface area contributed by atoms with E-state index >= 15 is 0 Å². The first-order chi connectivity index (χ1) is 10.1. The van der Waals surface area contributed by atoms with Gasteiger partial charge in [0.15, 0.2) is 5.82 Å². The molecule has 2 aromatic rings. The third-order valence-electron chi connectivity index (χ3n) is 3.57. The SMILES string of the molecule is CCCNCc1c(N(C)CCN(C)C)nc2ccccn12. The number of likely N-dealkylation sites (N-methyl/N-ethyl adjacent to an activating group) is 2. The van der Waals surface area contributed by atoms with Crippen molar-refractivity contribution in [3.63, 3.8) is 0 Å². The third-order valence-corrected chi connectivity index (χ3v) is 3.57. The quantitative estimate of drug-likeness (QED) is 0.752. The van der Waals surface area contributed by atoms with Gasteiger partial charge in [0.25, 0.3) is 0 Å². The second-order valence-corrected chi connectivity index (χ2v) is 5.71. The Morgan fingerprint density at radius 3 is 2.71 bits per heavy atom. The topological polar surface area (TPSA) is 35.8 Å². The Kier molecular flexibility index (Phi) is 5.59. The Hall–Kier alpha value is -1.59. The fraction of sp³-hybridized carbons (Fsp3) is 0.562. The maximum atomic E-state index is 4.80. The number of rotatable bonds is 8. The van der Waals surface area contributed by atoms with Crippen molar-refractivity contribution in [3.8, 4) is 0 Å². The third kappa shape index (κ3) is 3.95. The molecule has 0 aliphatic carbocycles. The molecular formula is C16H27N5. The predicted molar refractivity (Wildman–Crippen MR) is 89.0 cm³/mol. The van der Waals surface area contributed by atoms with Crippen molar-refractivity contribution in [2.45, 2.75) is 19.9 Å². The summed E-state index contributed by atoms with van der Waals surface area (Å²) in [6.45, 7) is 6.05. The van der Waals surface area contributed by atoms with E-state index in [9.17, 15) is 0 Å². The van der Waals surface area contributed by atoms with Gasteiger partial charge in [-0.1, -0.05) is 13.0 Å². The van der Waals surface area contributed by atoms with Gasteiger partial charge in [-0.2, -0.15) is 0 Å². The summed E-state index contributed by atoms with van der Waals surface area (Å²) in [5.41, 5.74) is 2.25. The molecule has 116 valence electrons. The highest BCUT2D eigenvalue weighted by molar-refractivity contribution is 5.55. The highest BCUT2D eigenvalue weighted by Crippen LogP contribution is 2.20. The summed E-state index contributed by atoms with van der Waals surface area (Å²) in [5.74, 6) is 1.08. The molecule has 0 fully saturated rings. The Balaban J connectivity index is 2.25. The normalized spacial score (nSPS) is 11.5. The van der Waals surface area contributed by atoms with Gasteiger partial charge < -0.3 is 19.5 Å². The van der Waals surface area contributed by atoms with Crippen LogP contribution in [-0.4, -0.2) is 55.1 Å². The van der Waals surface area contributed by atoms with Crippen molar-refractivity contribution in [1.82, 2.24) is 19.6 Å². The molecule has 1 N–H and O–H groups in total. The van der Waals surface area contributed by atoms with Crippen LogP contribution in [0.15, 0.2) is 24.4 Å². The monoisotopic (exact) mass is 289 g/mol. The van der Waals surface area contributed by atoms with Crippen molar-refractivity contribution in [2.24, 2.45) is 0 Å². The molecule has 0 aromatic carbocycles. The lowest BCUT2D eigenvalue weighted by Gasteiger charge is -2.20. The van der Waals surface area contributed by atoms with E-state index < -0.39 is 0 Å². The zero-order chi connectivity index (χ0) is 15.2. The zero-order valence-corrected chi connectivity index (χ0v) is 13.6. The molecule has 2 heterocycles. The Morgan fingerprint density at radius 2 is 2.00 bits per heavy atom. The van der Waals surface area contributed by atoms with Crippen molar-refractivity contribution in [1.29, 1.82) is 0 Å². The molecule has 0 amide bonds.